The molecule has 1 nitrogen and oxygen atoms in total. The van der Waals surface area contributed by atoms with E-state index in [2.05, 4.69) is 6.58 Å². The Hall–Kier alpha value is 0.499. The van der Waals surface area contributed by atoms with Crippen LogP contribution in [0.2, 0.25) is 0 Å². The van der Waals surface area contributed by atoms with Gasteiger partial charge in [-0.05, 0) is 0 Å². The summed E-state index contributed by atoms with van der Waals surface area (Å²) in [5.41, 5.74) is 0. The van der Waals surface area contributed by atoms with E-state index >= 15 is 0 Å². The molecule has 0 aromatic heterocycles. The zero-order valence-corrected chi connectivity index (χ0v) is 6.53. The SMILES string of the molecule is C=[CH][SnH2].O. The fourth-order valence-electron chi connectivity index (χ4n) is 0. The van der Waals surface area contributed by atoms with Crippen molar-refractivity contribution in [2.24, 2.45) is 0 Å². The molecule has 0 rings (SSSR count). The fourth-order valence-corrected chi connectivity index (χ4v) is 0. The summed E-state index contributed by atoms with van der Waals surface area (Å²) in [5, 5.41) is 0. The summed E-state index contributed by atoms with van der Waals surface area (Å²) in [6, 6.07) is 0. The maximum atomic E-state index is 3.44. The maximum Gasteiger partial charge on any atom is -0.412 e. The smallest absolute Gasteiger partial charge is 0.412 e. The van der Waals surface area contributed by atoms with Crippen molar-refractivity contribution in [1.29, 1.82) is 0 Å². The molecule has 0 fully saturated rings. The van der Waals surface area contributed by atoms with E-state index in [1.807, 2.05) is 4.09 Å². The van der Waals surface area contributed by atoms with Gasteiger partial charge >= 0.3 is 33.2 Å². The first-order valence-electron chi connectivity index (χ1n) is 0.816. The molecule has 2 heteroatoms. The molecule has 0 amide bonds. The third-order valence-corrected chi connectivity index (χ3v) is 0. The quantitative estimate of drug-likeness (QED) is 0.410. The first-order chi connectivity index (χ1) is 1.41. The molecule has 4 heavy (non-hydrogen) atoms. The Morgan fingerprint density at radius 1 is 1.75 bits per heavy atom. The van der Waals surface area contributed by atoms with Crippen LogP contribution in [0.5, 0.6) is 0 Å². The molecule has 0 aliphatic rings. The predicted octanol–water partition coefficient (Wildman–Crippen LogP) is -1.06. The summed E-state index contributed by atoms with van der Waals surface area (Å²) >= 11 is 0.963. The molecular formula is C2H7OSn. The van der Waals surface area contributed by atoms with Gasteiger partial charge in [-0.1, -0.05) is 0 Å². The van der Waals surface area contributed by atoms with Crippen molar-refractivity contribution in [2.75, 3.05) is 0 Å². The first-order valence-corrected chi connectivity index (χ1v) is 3.15. The van der Waals surface area contributed by atoms with Gasteiger partial charge < -0.3 is 5.48 Å². The molecule has 0 aliphatic carbocycles. The minimum atomic E-state index is 0. The van der Waals surface area contributed by atoms with Crippen LogP contribution in [0.3, 0.4) is 0 Å². The standard InChI is InChI=1S/C2H3.H2O.Sn.2H/c1-2;;;;/h1H,2H2;1H2;;;. The molecule has 0 bridgehead atoms. The second-order valence-electron chi connectivity index (χ2n) is 0.289. The normalized spacial score (nSPS) is 3.25. The van der Waals surface area contributed by atoms with E-state index in [1.54, 1.807) is 0 Å². The molecule has 0 atom stereocenters. The molecule has 0 saturated heterocycles. The topological polar surface area (TPSA) is 31.5 Å². The average Bonchev–Trinajstić information content (AvgIpc) is 0.918. The van der Waals surface area contributed by atoms with Crippen LogP contribution >= 0.6 is 0 Å². The number of hydrogen-bond acceptors (Lipinski definition) is 0. The zero-order valence-electron chi connectivity index (χ0n) is 2.49. The molecule has 0 heterocycles. The van der Waals surface area contributed by atoms with Crippen LogP contribution in [-0.4, -0.2) is 28.0 Å². The van der Waals surface area contributed by atoms with Crippen molar-refractivity contribution in [2.45, 2.75) is 0 Å². The Bertz CT molecular complexity index is 13.5. The molecule has 0 aromatic carbocycles. The van der Waals surface area contributed by atoms with Crippen LogP contribution in [0.15, 0.2) is 10.7 Å². The molecule has 2 N–H and O–H groups in total. The average molecular weight is 166 g/mol. The summed E-state index contributed by atoms with van der Waals surface area (Å²) in [6.07, 6.45) is 0. The van der Waals surface area contributed by atoms with Gasteiger partial charge in [0.2, 0.25) is 0 Å². The zero-order chi connectivity index (χ0) is 2.71. The van der Waals surface area contributed by atoms with E-state index in [9.17, 15) is 0 Å². The Labute approximate surface area is 39.1 Å². The van der Waals surface area contributed by atoms with Crippen LogP contribution in [-0.2, 0) is 0 Å². The molecule has 0 aliphatic heterocycles. The number of rotatable bonds is 0. The van der Waals surface area contributed by atoms with Crippen molar-refractivity contribution >= 4 is 22.5 Å². The monoisotopic (exact) mass is 167 g/mol. The first kappa shape index (κ1) is 8.82. The van der Waals surface area contributed by atoms with Crippen LogP contribution in [0.4, 0.5) is 0 Å². The molecule has 0 unspecified atom stereocenters. The van der Waals surface area contributed by atoms with Crippen LogP contribution in [0.1, 0.15) is 0 Å². The van der Waals surface area contributed by atoms with Gasteiger partial charge in [0, 0.05) is 0 Å². The van der Waals surface area contributed by atoms with Crippen molar-refractivity contribution in [3.63, 3.8) is 0 Å². The Kier molecular flexibility index (Phi) is 21.4. The van der Waals surface area contributed by atoms with Crippen LogP contribution in [0, 0.1) is 0 Å². The summed E-state index contributed by atoms with van der Waals surface area (Å²) in [7, 11) is 0. The van der Waals surface area contributed by atoms with E-state index < -0.39 is 0 Å². The maximum absolute atomic E-state index is 3.44. The minimum absolute atomic E-state index is 0. The van der Waals surface area contributed by atoms with Gasteiger partial charge in [0.25, 0.3) is 0 Å². The van der Waals surface area contributed by atoms with Gasteiger partial charge in [-0.15, -0.1) is 0 Å². The van der Waals surface area contributed by atoms with Gasteiger partial charge in [-0.2, -0.15) is 0 Å². The Balaban J connectivity index is 0. The van der Waals surface area contributed by atoms with Gasteiger partial charge in [-0.3, -0.25) is 0 Å². The molecule has 1 radical (unpaired) electrons. The minimum Gasteiger partial charge on any atom is -0.412 e. The van der Waals surface area contributed by atoms with E-state index in [-0.39, 0.29) is 5.48 Å². The van der Waals surface area contributed by atoms with E-state index in [0.717, 1.165) is 22.5 Å². The largest absolute Gasteiger partial charge is 0.412 e. The van der Waals surface area contributed by atoms with E-state index in [0.29, 0.717) is 0 Å². The van der Waals surface area contributed by atoms with Crippen molar-refractivity contribution in [1.82, 2.24) is 0 Å². The van der Waals surface area contributed by atoms with E-state index in [1.165, 1.54) is 0 Å². The van der Waals surface area contributed by atoms with Gasteiger partial charge in [-0.25, -0.2) is 0 Å². The summed E-state index contributed by atoms with van der Waals surface area (Å²) in [4.78, 5) is 0. The third-order valence-electron chi connectivity index (χ3n) is 0. The van der Waals surface area contributed by atoms with Gasteiger partial charge in [0.15, 0.2) is 0 Å². The van der Waals surface area contributed by atoms with E-state index in [4.69, 9.17) is 0 Å². The van der Waals surface area contributed by atoms with Crippen molar-refractivity contribution < 1.29 is 5.48 Å². The van der Waals surface area contributed by atoms with Crippen LogP contribution < -0.4 is 0 Å². The van der Waals surface area contributed by atoms with Gasteiger partial charge in [0.1, 0.15) is 0 Å². The second kappa shape index (κ2) is 9.73. The predicted molar refractivity (Wildman–Crippen MR) is 22.4 cm³/mol. The molecule has 0 aromatic rings. The molecule has 0 spiro atoms. The van der Waals surface area contributed by atoms with Crippen molar-refractivity contribution in [3.05, 3.63) is 10.7 Å². The summed E-state index contributed by atoms with van der Waals surface area (Å²) in [6.45, 7) is 3.44. The Morgan fingerprint density at radius 2 is 1.75 bits per heavy atom. The van der Waals surface area contributed by atoms with Gasteiger partial charge in [0.05, 0.1) is 0 Å². The summed E-state index contributed by atoms with van der Waals surface area (Å²) < 4.78 is 1.92. The molecule has 0 saturated carbocycles. The van der Waals surface area contributed by atoms with Crippen LogP contribution in [0.25, 0.3) is 0 Å². The Morgan fingerprint density at radius 3 is 1.75 bits per heavy atom. The summed E-state index contributed by atoms with van der Waals surface area (Å²) in [5.74, 6) is 0. The third kappa shape index (κ3) is 22.6. The molecule has 25 valence electrons. The number of hydrogen-bond donors (Lipinski definition) is 0. The fraction of sp³-hybridized carbons (Fsp3) is 0. The second-order valence-corrected chi connectivity index (χ2v) is 1.94. The molecular weight excluding hydrogens is 159 g/mol. The van der Waals surface area contributed by atoms with Crippen molar-refractivity contribution in [3.8, 4) is 0 Å².